The molecule has 0 aliphatic heterocycles. The van der Waals surface area contributed by atoms with Crippen LogP contribution >= 0.6 is 11.6 Å². The lowest BCUT2D eigenvalue weighted by atomic mass is 10.2. The van der Waals surface area contributed by atoms with Crippen LogP contribution in [0.4, 0.5) is 5.69 Å². The van der Waals surface area contributed by atoms with Crippen LogP contribution in [0, 0.1) is 0 Å². The normalized spacial score (nSPS) is 10.1. The lowest BCUT2D eigenvalue weighted by Gasteiger charge is -2.20. The first-order chi connectivity index (χ1) is 10.5. The van der Waals surface area contributed by atoms with Crippen molar-refractivity contribution in [1.29, 1.82) is 0 Å². The molecule has 0 fully saturated rings. The standard InChI is InChI=1S/C17H17ClN2O2/c1-13(21)20(11-14-7-9-15(18)10-8-14)12-17(22)19-16-5-3-2-4-6-16/h2-10H,11-12H2,1H3,(H,19,22). The summed E-state index contributed by atoms with van der Waals surface area (Å²) in [5.74, 6) is -0.381. The zero-order chi connectivity index (χ0) is 15.9. The number of nitrogens with one attached hydrogen (secondary N) is 1. The van der Waals surface area contributed by atoms with E-state index < -0.39 is 0 Å². The van der Waals surface area contributed by atoms with Gasteiger partial charge in [-0.05, 0) is 29.8 Å². The van der Waals surface area contributed by atoms with Gasteiger partial charge in [0.05, 0.1) is 0 Å². The first-order valence-electron chi connectivity index (χ1n) is 6.89. The van der Waals surface area contributed by atoms with Crippen molar-refractivity contribution >= 4 is 29.1 Å². The Bertz CT molecular complexity index is 641. The topological polar surface area (TPSA) is 49.4 Å². The predicted molar refractivity (Wildman–Crippen MR) is 87.6 cm³/mol. The van der Waals surface area contributed by atoms with E-state index in [1.807, 2.05) is 30.3 Å². The fourth-order valence-electron chi connectivity index (χ4n) is 1.98. The van der Waals surface area contributed by atoms with Crippen molar-refractivity contribution in [3.8, 4) is 0 Å². The highest BCUT2D eigenvalue weighted by Crippen LogP contribution is 2.12. The molecule has 0 spiro atoms. The predicted octanol–water partition coefficient (Wildman–Crippen LogP) is 3.33. The Morgan fingerprint density at radius 1 is 1.05 bits per heavy atom. The molecule has 2 amide bonds. The number of carbonyl (C=O) groups is 2. The van der Waals surface area contributed by atoms with Gasteiger partial charge in [0.2, 0.25) is 11.8 Å². The van der Waals surface area contributed by atoms with Gasteiger partial charge in [-0.3, -0.25) is 9.59 Å². The maximum Gasteiger partial charge on any atom is 0.244 e. The van der Waals surface area contributed by atoms with Gasteiger partial charge in [0.1, 0.15) is 6.54 Å². The summed E-state index contributed by atoms with van der Waals surface area (Å²) in [5.41, 5.74) is 1.63. The number of anilines is 1. The number of carbonyl (C=O) groups excluding carboxylic acids is 2. The van der Waals surface area contributed by atoms with Gasteiger partial charge in [-0.15, -0.1) is 0 Å². The van der Waals surface area contributed by atoms with Crippen LogP contribution in [0.1, 0.15) is 12.5 Å². The average molecular weight is 317 g/mol. The van der Waals surface area contributed by atoms with Crippen molar-refractivity contribution in [1.82, 2.24) is 4.90 Å². The van der Waals surface area contributed by atoms with Crippen molar-refractivity contribution in [2.75, 3.05) is 11.9 Å². The maximum absolute atomic E-state index is 12.0. The molecular formula is C17H17ClN2O2. The van der Waals surface area contributed by atoms with Crippen LogP contribution in [0.15, 0.2) is 54.6 Å². The Labute approximate surface area is 134 Å². The fourth-order valence-corrected chi connectivity index (χ4v) is 2.11. The maximum atomic E-state index is 12.0. The lowest BCUT2D eigenvalue weighted by Crippen LogP contribution is -2.36. The minimum atomic E-state index is -0.227. The summed E-state index contributed by atoms with van der Waals surface area (Å²) in [6.07, 6.45) is 0. The summed E-state index contributed by atoms with van der Waals surface area (Å²) in [6, 6.07) is 16.4. The monoisotopic (exact) mass is 316 g/mol. The van der Waals surface area contributed by atoms with Crippen molar-refractivity contribution in [2.45, 2.75) is 13.5 Å². The summed E-state index contributed by atoms with van der Waals surface area (Å²) in [5, 5.41) is 3.41. The second kappa shape index (κ2) is 7.61. The van der Waals surface area contributed by atoms with E-state index in [1.54, 1.807) is 24.3 Å². The summed E-state index contributed by atoms with van der Waals surface area (Å²) < 4.78 is 0. The molecule has 0 aromatic heterocycles. The summed E-state index contributed by atoms with van der Waals surface area (Å²) in [7, 11) is 0. The highest BCUT2D eigenvalue weighted by molar-refractivity contribution is 6.30. The van der Waals surface area contributed by atoms with Gasteiger partial charge in [0, 0.05) is 24.2 Å². The fraction of sp³-hybridized carbons (Fsp3) is 0.176. The third kappa shape index (κ3) is 4.90. The molecule has 22 heavy (non-hydrogen) atoms. The number of rotatable bonds is 5. The first-order valence-corrected chi connectivity index (χ1v) is 7.27. The van der Waals surface area contributed by atoms with Crippen LogP contribution in [0.2, 0.25) is 5.02 Å². The molecule has 2 rings (SSSR count). The number of amides is 2. The third-order valence-electron chi connectivity index (χ3n) is 3.12. The second-order valence-electron chi connectivity index (χ2n) is 4.92. The van der Waals surface area contributed by atoms with Gasteiger partial charge in [-0.25, -0.2) is 0 Å². The molecule has 5 heteroatoms. The number of nitrogens with zero attached hydrogens (tertiary/aromatic N) is 1. The number of benzene rings is 2. The van der Waals surface area contributed by atoms with Crippen molar-refractivity contribution in [3.63, 3.8) is 0 Å². The van der Waals surface area contributed by atoms with E-state index in [2.05, 4.69) is 5.32 Å². The molecular weight excluding hydrogens is 300 g/mol. The molecule has 0 saturated heterocycles. The summed E-state index contributed by atoms with van der Waals surface area (Å²) in [6.45, 7) is 1.83. The van der Waals surface area contributed by atoms with Gasteiger partial charge >= 0.3 is 0 Å². The molecule has 1 N–H and O–H groups in total. The molecule has 0 radical (unpaired) electrons. The quantitative estimate of drug-likeness (QED) is 0.920. The zero-order valence-electron chi connectivity index (χ0n) is 12.3. The minimum absolute atomic E-state index is 0.00680. The highest BCUT2D eigenvalue weighted by atomic mass is 35.5. The number of para-hydroxylation sites is 1. The SMILES string of the molecule is CC(=O)N(CC(=O)Nc1ccccc1)Cc1ccc(Cl)cc1. The van der Waals surface area contributed by atoms with E-state index in [-0.39, 0.29) is 18.4 Å². The first kappa shape index (κ1) is 16.0. The number of hydrogen-bond acceptors (Lipinski definition) is 2. The van der Waals surface area contributed by atoms with Gasteiger partial charge < -0.3 is 10.2 Å². The summed E-state index contributed by atoms with van der Waals surface area (Å²) >= 11 is 5.84. The van der Waals surface area contributed by atoms with Crippen LogP contribution in [-0.2, 0) is 16.1 Å². The molecule has 0 aliphatic rings. The molecule has 0 heterocycles. The molecule has 0 saturated carbocycles. The molecule has 2 aromatic rings. The van der Waals surface area contributed by atoms with E-state index in [0.29, 0.717) is 17.3 Å². The summed E-state index contributed by atoms with van der Waals surface area (Å²) in [4.78, 5) is 25.3. The molecule has 4 nitrogen and oxygen atoms in total. The Morgan fingerprint density at radius 3 is 2.27 bits per heavy atom. The Hall–Kier alpha value is -2.33. The lowest BCUT2D eigenvalue weighted by molar-refractivity contribution is -0.133. The van der Waals surface area contributed by atoms with Crippen molar-refractivity contribution in [3.05, 3.63) is 65.2 Å². The van der Waals surface area contributed by atoms with Gasteiger partial charge in [-0.1, -0.05) is 41.9 Å². The second-order valence-corrected chi connectivity index (χ2v) is 5.35. The zero-order valence-corrected chi connectivity index (χ0v) is 13.0. The van der Waals surface area contributed by atoms with E-state index in [9.17, 15) is 9.59 Å². The van der Waals surface area contributed by atoms with Crippen LogP contribution in [0.25, 0.3) is 0 Å². The third-order valence-corrected chi connectivity index (χ3v) is 3.38. The van der Waals surface area contributed by atoms with Crippen LogP contribution < -0.4 is 5.32 Å². The Kier molecular flexibility index (Phi) is 5.55. The van der Waals surface area contributed by atoms with Gasteiger partial charge in [0.15, 0.2) is 0 Å². The molecule has 0 bridgehead atoms. The molecule has 0 unspecified atom stereocenters. The molecule has 0 aliphatic carbocycles. The van der Waals surface area contributed by atoms with E-state index >= 15 is 0 Å². The average Bonchev–Trinajstić information content (AvgIpc) is 2.49. The smallest absolute Gasteiger partial charge is 0.244 e. The Morgan fingerprint density at radius 2 is 1.68 bits per heavy atom. The van der Waals surface area contributed by atoms with Crippen molar-refractivity contribution < 1.29 is 9.59 Å². The van der Waals surface area contributed by atoms with E-state index in [1.165, 1.54) is 11.8 Å². The van der Waals surface area contributed by atoms with Crippen LogP contribution in [0.3, 0.4) is 0 Å². The van der Waals surface area contributed by atoms with Crippen molar-refractivity contribution in [2.24, 2.45) is 0 Å². The Balaban J connectivity index is 1.98. The molecule has 0 atom stereocenters. The minimum Gasteiger partial charge on any atom is -0.329 e. The molecule has 2 aromatic carbocycles. The van der Waals surface area contributed by atoms with Gasteiger partial charge in [-0.2, -0.15) is 0 Å². The number of halogens is 1. The van der Waals surface area contributed by atoms with Crippen LogP contribution in [-0.4, -0.2) is 23.3 Å². The van der Waals surface area contributed by atoms with E-state index in [4.69, 9.17) is 11.6 Å². The number of hydrogen-bond donors (Lipinski definition) is 1. The van der Waals surface area contributed by atoms with Gasteiger partial charge in [0.25, 0.3) is 0 Å². The highest BCUT2D eigenvalue weighted by Gasteiger charge is 2.14. The largest absolute Gasteiger partial charge is 0.329 e. The van der Waals surface area contributed by atoms with E-state index in [0.717, 1.165) is 5.56 Å². The molecule has 114 valence electrons. The van der Waals surface area contributed by atoms with Crippen LogP contribution in [0.5, 0.6) is 0 Å².